The van der Waals surface area contributed by atoms with E-state index in [2.05, 4.69) is 31.8 Å². The minimum atomic E-state index is -0.413. The van der Waals surface area contributed by atoms with Gasteiger partial charge in [-0.25, -0.2) is 0 Å². The van der Waals surface area contributed by atoms with Gasteiger partial charge in [-0.05, 0) is 50.3 Å². The Labute approximate surface area is 164 Å². The normalized spacial score (nSPS) is 19.3. The molecule has 2 atom stereocenters. The molecule has 27 heavy (non-hydrogen) atoms. The average Bonchev–Trinajstić information content (AvgIpc) is 2.57. The number of hydrogen-bond donors (Lipinski definition) is 1. The lowest BCUT2D eigenvalue weighted by molar-refractivity contribution is -0.115. The van der Waals surface area contributed by atoms with Crippen LogP contribution in [-0.4, -0.2) is 28.7 Å². The molecule has 0 amide bonds. The maximum atomic E-state index is 11.4. The van der Waals surface area contributed by atoms with E-state index in [1.807, 2.05) is 19.9 Å². The van der Waals surface area contributed by atoms with Gasteiger partial charge in [-0.15, -0.1) is 0 Å². The van der Waals surface area contributed by atoms with Gasteiger partial charge >= 0.3 is 0 Å². The molecule has 1 aliphatic rings. The SMILES string of the molecule is CCCCCC(C)C(C)c1cc(O)c2c(c1)OC(C)(C)CC2=NCC(C)=O. The van der Waals surface area contributed by atoms with Crippen LogP contribution in [0.15, 0.2) is 17.1 Å². The Kier molecular flexibility index (Phi) is 7.07. The molecule has 2 unspecified atom stereocenters. The minimum Gasteiger partial charge on any atom is -0.507 e. The Morgan fingerprint density at radius 1 is 1.30 bits per heavy atom. The van der Waals surface area contributed by atoms with Gasteiger partial charge in [0, 0.05) is 6.42 Å². The summed E-state index contributed by atoms with van der Waals surface area (Å²) in [5.74, 6) is 1.77. The highest BCUT2D eigenvalue weighted by atomic mass is 16.5. The average molecular weight is 374 g/mol. The van der Waals surface area contributed by atoms with Crippen LogP contribution in [0, 0.1) is 5.92 Å². The summed E-state index contributed by atoms with van der Waals surface area (Å²) in [6, 6.07) is 3.91. The summed E-state index contributed by atoms with van der Waals surface area (Å²) < 4.78 is 6.18. The molecule has 0 saturated carbocycles. The van der Waals surface area contributed by atoms with E-state index in [-0.39, 0.29) is 18.1 Å². The van der Waals surface area contributed by atoms with E-state index >= 15 is 0 Å². The number of carbonyl (C=O) groups excluding carboxylic acids is 1. The van der Waals surface area contributed by atoms with Crippen molar-refractivity contribution in [1.82, 2.24) is 0 Å². The highest BCUT2D eigenvalue weighted by Gasteiger charge is 2.34. The summed E-state index contributed by atoms with van der Waals surface area (Å²) in [7, 11) is 0. The first-order valence-electron chi connectivity index (χ1n) is 10.2. The van der Waals surface area contributed by atoms with Gasteiger partial charge in [0.25, 0.3) is 0 Å². The molecule has 1 aliphatic heterocycles. The molecule has 1 aromatic rings. The maximum Gasteiger partial charge on any atom is 0.151 e. The number of rotatable bonds is 8. The lowest BCUT2D eigenvalue weighted by Crippen LogP contribution is -2.36. The number of ketones is 1. The predicted octanol–water partition coefficient (Wildman–Crippen LogP) is 5.65. The van der Waals surface area contributed by atoms with Crippen molar-refractivity contribution in [2.45, 2.75) is 85.2 Å². The van der Waals surface area contributed by atoms with Crippen LogP contribution in [0.2, 0.25) is 0 Å². The monoisotopic (exact) mass is 373 g/mol. The third-order valence-electron chi connectivity index (χ3n) is 5.51. The van der Waals surface area contributed by atoms with Crippen LogP contribution >= 0.6 is 0 Å². The van der Waals surface area contributed by atoms with E-state index in [9.17, 15) is 9.90 Å². The van der Waals surface area contributed by atoms with E-state index in [1.165, 1.54) is 32.6 Å². The van der Waals surface area contributed by atoms with E-state index in [0.717, 1.165) is 11.3 Å². The van der Waals surface area contributed by atoms with E-state index in [0.29, 0.717) is 29.6 Å². The molecule has 0 radical (unpaired) electrons. The Morgan fingerprint density at radius 2 is 2.00 bits per heavy atom. The number of phenols is 1. The Hall–Kier alpha value is -1.84. The molecule has 0 aliphatic carbocycles. The van der Waals surface area contributed by atoms with Crippen molar-refractivity contribution in [3.8, 4) is 11.5 Å². The second kappa shape index (κ2) is 8.90. The van der Waals surface area contributed by atoms with E-state index in [1.54, 1.807) is 0 Å². The fraction of sp³-hybridized carbons (Fsp3) is 0.652. The van der Waals surface area contributed by atoms with Gasteiger partial charge in [0.05, 0.1) is 17.8 Å². The highest BCUT2D eigenvalue weighted by Crippen LogP contribution is 2.42. The van der Waals surface area contributed by atoms with Gasteiger partial charge in [-0.2, -0.15) is 0 Å². The number of aliphatic imine (C=N–C) groups is 1. The Bertz CT molecular complexity index is 706. The Morgan fingerprint density at radius 3 is 2.63 bits per heavy atom. The molecule has 0 aromatic heterocycles. The number of fused-ring (bicyclic) bond motifs is 1. The lowest BCUT2D eigenvalue weighted by Gasteiger charge is -2.34. The van der Waals surface area contributed by atoms with Crippen LogP contribution in [0.25, 0.3) is 0 Å². The van der Waals surface area contributed by atoms with Crippen LogP contribution in [0.5, 0.6) is 11.5 Å². The molecule has 4 nitrogen and oxygen atoms in total. The number of nitrogens with zero attached hydrogens (tertiary/aromatic N) is 1. The second-order valence-electron chi connectivity index (χ2n) is 8.68. The lowest BCUT2D eigenvalue weighted by atomic mass is 9.83. The topological polar surface area (TPSA) is 58.9 Å². The van der Waals surface area contributed by atoms with Crippen molar-refractivity contribution in [2.24, 2.45) is 10.9 Å². The van der Waals surface area contributed by atoms with Gasteiger partial charge in [-0.1, -0.05) is 46.5 Å². The third-order valence-corrected chi connectivity index (χ3v) is 5.51. The van der Waals surface area contributed by atoms with Gasteiger partial charge in [0.15, 0.2) is 5.78 Å². The van der Waals surface area contributed by atoms with Crippen LogP contribution in [-0.2, 0) is 4.79 Å². The molecule has 0 spiro atoms. The van der Waals surface area contributed by atoms with Crippen LogP contribution < -0.4 is 4.74 Å². The second-order valence-corrected chi connectivity index (χ2v) is 8.68. The molecule has 0 saturated heterocycles. The molecule has 1 aromatic carbocycles. The highest BCUT2D eigenvalue weighted by molar-refractivity contribution is 6.07. The van der Waals surface area contributed by atoms with Crippen LogP contribution in [0.3, 0.4) is 0 Å². The molecule has 4 heteroatoms. The number of aromatic hydroxyl groups is 1. The van der Waals surface area contributed by atoms with Crippen LogP contribution in [0.4, 0.5) is 0 Å². The van der Waals surface area contributed by atoms with Gasteiger partial charge in [0.1, 0.15) is 17.1 Å². The number of unbranched alkanes of at least 4 members (excludes halogenated alkanes) is 2. The number of phenolic OH excluding ortho intramolecular Hbond substituents is 1. The summed E-state index contributed by atoms with van der Waals surface area (Å²) in [4.78, 5) is 15.8. The first kappa shape index (κ1) is 21.5. The van der Waals surface area contributed by atoms with Crippen molar-refractivity contribution in [1.29, 1.82) is 0 Å². The van der Waals surface area contributed by atoms with Crippen molar-refractivity contribution < 1.29 is 14.6 Å². The number of ether oxygens (including phenoxy) is 1. The smallest absolute Gasteiger partial charge is 0.151 e. The fourth-order valence-corrected chi connectivity index (χ4v) is 3.72. The largest absolute Gasteiger partial charge is 0.507 e. The first-order chi connectivity index (χ1) is 12.6. The van der Waals surface area contributed by atoms with Crippen molar-refractivity contribution in [3.05, 3.63) is 23.3 Å². The van der Waals surface area contributed by atoms with E-state index in [4.69, 9.17) is 4.74 Å². The summed E-state index contributed by atoms with van der Waals surface area (Å²) in [5.41, 5.74) is 2.08. The fourth-order valence-electron chi connectivity index (χ4n) is 3.72. The summed E-state index contributed by atoms with van der Waals surface area (Å²) in [6.45, 7) is 12.4. The van der Waals surface area contributed by atoms with Gasteiger partial charge in [0.2, 0.25) is 0 Å². The zero-order chi connectivity index (χ0) is 20.2. The number of benzene rings is 1. The minimum absolute atomic E-state index is 0.0129. The molecule has 1 N–H and O–H groups in total. The van der Waals surface area contributed by atoms with Crippen molar-refractivity contribution in [3.63, 3.8) is 0 Å². The zero-order valence-electron chi connectivity index (χ0n) is 17.8. The first-order valence-corrected chi connectivity index (χ1v) is 10.2. The molecular weight excluding hydrogens is 338 g/mol. The van der Waals surface area contributed by atoms with Gasteiger partial charge < -0.3 is 9.84 Å². The molecule has 1 heterocycles. The van der Waals surface area contributed by atoms with Gasteiger partial charge in [-0.3, -0.25) is 9.79 Å². The molecule has 2 rings (SSSR count). The third kappa shape index (κ3) is 5.57. The quantitative estimate of drug-likeness (QED) is 0.599. The maximum absolute atomic E-state index is 11.4. The standard InChI is InChI=1S/C23H35NO3/c1-7-8-9-10-15(2)17(4)18-11-20(26)22-19(24-14-16(3)25)13-23(5,6)27-21(22)12-18/h11-12,15,17,26H,7-10,13-14H2,1-6H3. The molecule has 0 bridgehead atoms. The summed E-state index contributed by atoms with van der Waals surface area (Å²) in [6.07, 6.45) is 5.49. The Balaban J connectivity index is 2.35. The number of Topliss-reactive ketones (excluding diaryl/α,β-unsaturated/α-hetero) is 1. The number of carbonyl (C=O) groups is 1. The predicted molar refractivity (Wildman–Crippen MR) is 111 cm³/mol. The molecular formula is C23H35NO3. The van der Waals surface area contributed by atoms with E-state index < -0.39 is 5.60 Å². The van der Waals surface area contributed by atoms with Crippen molar-refractivity contribution in [2.75, 3.05) is 6.54 Å². The number of hydrogen-bond acceptors (Lipinski definition) is 4. The van der Waals surface area contributed by atoms with Crippen LogP contribution in [0.1, 0.15) is 90.7 Å². The molecule has 150 valence electrons. The zero-order valence-corrected chi connectivity index (χ0v) is 17.8. The van der Waals surface area contributed by atoms with Crippen molar-refractivity contribution >= 4 is 11.5 Å². The summed E-state index contributed by atoms with van der Waals surface area (Å²) >= 11 is 0. The summed E-state index contributed by atoms with van der Waals surface area (Å²) in [5, 5.41) is 10.7. The molecule has 0 fully saturated rings.